The SMILES string of the molecule is CCOc1cc2c(cc1OC)CCN(C(=O)c1ccnc(Oc3ccc(C(C)(C)C)cc3)c1)C2. The Morgan fingerprint density at radius 2 is 1.76 bits per heavy atom. The van der Waals surface area contributed by atoms with E-state index in [0.717, 1.165) is 17.7 Å². The zero-order valence-electron chi connectivity index (χ0n) is 20.6. The highest BCUT2D eigenvalue weighted by molar-refractivity contribution is 5.94. The number of amides is 1. The van der Waals surface area contributed by atoms with Crippen molar-refractivity contribution in [3.05, 3.63) is 77.0 Å². The molecule has 0 saturated heterocycles. The minimum Gasteiger partial charge on any atom is -0.493 e. The summed E-state index contributed by atoms with van der Waals surface area (Å²) in [5, 5.41) is 0. The first kappa shape index (κ1) is 23.6. The molecule has 0 N–H and O–H groups in total. The Bertz CT molecular complexity index is 1170. The molecule has 0 spiro atoms. The molecule has 6 nitrogen and oxygen atoms in total. The molecule has 4 rings (SSSR count). The van der Waals surface area contributed by atoms with Crippen LogP contribution in [0.25, 0.3) is 0 Å². The van der Waals surface area contributed by atoms with E-state index in [2.05, 4.69) is 37.9 Å². The van der Waals surface area contributed by atoms with Crippen LogP contribution >= 0.6 is 0 Å². The minimum atomic E-state index is -0.0465. The quantitative estimate of drug-likeness (QED) is 0.467. The number of fused-ring (bicyclic) bond motifs is 1. The normalized spacial score (nSPS) is 13.3. The van der Waals surface area contributed by atoms with Crippen molar-refractivity contribution in [1.82, 2.24) is 9.88 Å². The number of hydrogen-bond acceptors (Lipinski definition) is 5. The molecular weight excluding hydrogens is 428 g/mol. The van der Waals surface area contributed by atoms with Crippen molar-refractivity contribution < 1.29 is 19.0 Å². The van der Waals surface area contributed by atoms with Crippen LogP contribution in [0.1, 0.15) is 54.7 Å². The van der Waals surface area contributed by atoms with E-state index in [0.29, 0.717) is 42.6 Å². The van der Waals surface area contributed by atoms with Gasteiger partial charge < -0.3 is 19.1 Å². The van der Waals surface area contributed by atoms with E-state index < -0.39 is 0 Å². The summed E-state index contributed by atoms with van der Waals surface area (Å²) >= 11 is 0. The van der Waals surface area contributed by atoms with E-state index >= 15 is 0 Å². The number of hydrogen-bond donors (Lipinski definition) is 0. The molecule has 0 atom stereocenters. The molecule has 178 valence electrons. The van der Waals surface area contributed by atoms with E-state index in [1.165, 1.54) is 11.1 Å². The first-order valence-electron chi connectivity index (χ1n) is 11.6. The molecule has 0 bridgehead atoms. The van der Waals surface area contributed by atoms with Crippen LogP contribution in [0.2, 0.25) is 0 Å². The summed E-state index contributed by atoms with van der Waals surface area (Å²) in [6.07, 6.45) is 2.38. The summed E-state index contributed by atoms with van der Waals surface area (Å²) in [4.78, 5) is 19.4. The zero-order valence-corrected chi connectivity index (χ0v) is 20.6. The molecule has 3 aromatic rings. The van der Waals surface area contributed by atoms with Crippen LogP contribution in [0.4, 0.5) is 0 Å². The lowest BCUT2D eigenvalue weighted by atomic mass is 9.87. The fourth-order valence-corrected chi connectivity index (χ4v) is 4.09. The summed E-state index contributed by atoms with van der Waals surface area (Å²) in [6.45, 7) is 10.2. The largest absolute Gasteiger partial charge is 0.493 e. The van der Waals surface area contributed by atoms with Gasteiger partial charge in [0.1, 0.15) is 5.75 Å². The van der Waals surface area contributed by atoms with Crippen LogP contribution < -0.4 is 14.2 Å². The van der Waals surface area contributed by atoms with Crippen molar-refractivity contribution in [2.24, 2.45) is 0 Å². The van der Waals surface area contributed by atoms with Crippen LogP contribution in [0.3, 0.4) is 0 Å². The third-order valence-corrected chi connectivity index (χ3v) is 6.01. The van der Waals surface area contributed by atoms with Gasteiger partial charge in [-0.15, -0.1) is 0 Å². The molecular formula is C28H32N2O4. The summed E-state index contributed by atoms with van der Waals surface area (Å²) < 4.78 is 17.1. The van der Waals surface area contributed by atoms with Gasteiger partial charge in [-0.1, -0.05) is 32.9 Å². The topological polar surface area (TPSA) is 60.9 Å². The fraction of sp³-hybridized carbons (Fsp3) is 0.357. The second-order valence-electron chi connectivity index (χ2n) is 9.44. The summed E-state index contributed by atoms with van der Waals surface area (Å²) in [5.74, 6) is 2.47. The lowest BCUT2D eigenvalue weighted by molar-refractivity contribution is 0.0734. The highest BCUT2D eigenvalue weighted by atomic mass is 16.5. The van der Waals surface area contributed by atoms with Crippen molar-refractivity contribution in [3.63, 3.8) is 0 Å². The average molecular weight is 461 g/mol. The Hall–Kier alpha value is -3.54. The van der Waals surface area contributed by atoms with Gasteiger partial charge in [0.25, 0.3) is 5.91 Å². The Labute approximate surface area is 201 Å². The molecule has 0 saturated carbocycles. The highest BCUT2D eigenvalue weighted by Crippen LogP contribution is 2.34. The fourth-order valence-electron chi connectivity index (χ4n) is 4.09. The first-order chi connectivity index (χ1) is 16.3. The van der Waals surface area contributed by atoms with Gasteiger partial charge in [-0.3, -0.25) is 4.79 Å². The number of pyridine rings is 1. The average Bonchev–Trinajstić information content (AvgIpc) is 2.83. The van der Waals surface area contributed by atoms with Crippen molar-refractivity contribution in [2.45, 2.75) is 46.1 Å². The lowest BCUT2D eigenvalue weighted by Crippen LogP contribution is -2.36. The van der Waals surface area contributed by atoms with E-state index in [9.17, 15) is 4.79 Å². The monoisotopic (exact) mass is 460 g/mol. The molecule has 2 aromatic carbocycles. The third kappa shape index (κ3) is 5.16. The van der Waals surface area contributed by atoms with Crippen LogP contribution in [0.5, 0.6) is 23.1 Å². The maximum atomic E-state index is 13.3. The number of rotatable bonds is 6. The third-order valence-electron chi connectivity index (χ3n) is 6.01. The van der Waals surface area contributed by atoms with Gasteiger partial charge in [0.2, 0.25) is 5.88 Å². The van der Waals surface area contributed by atoms with Crippen molar-refractivity contribution in [2.75, 3.05) is 20.3 Å². The minimum absolute atomic E-state index is 0.0465. The zero-order chi connectivity index (χ0) is 24.3. The van der Waals surface area contributed by atoms with E-state index in [4.69, 9.17) is 14.2 Å². The molecule has 1 aliphatic rings. The van der Waals surface area contributed by atoms with Gasteiger partial charge in [0.05, 0.1) is 13.7 Å². The molecule has 1 amide bonds. The van der Waals surface area contributed by atoms with Gasteiger partial charge in [-0.2, -0.15) is 0 Å². The predicted molar refractivity (Wildman–Crippen MR) is 132 cm³/mol. The number of carbonyl (C=O) groups is 1. The molecule has 0 aliphatic carbocycles. The van der Waals surface area contributed by atoms with Gasteiger partial charge in [-0.05, 0) is 65.8 Å². The molecule has 0 radical (unpaired) electrons. The molecule has 6 heteroatoms. The molecule has 0 fully saturated rings. The number of carbonyl (C=O) groups excluding carboxylic acids is 1. The molecule has 0 unspecified atom stereocenters. The second kappa shape index (κ2) is 9.75. The Morgan fingerprint density at radius 1 is 1.03 bits per heavy atom. The van der Waals surface area contributed by atoms with Gasteiger partial charge >= 0.3 is 0 Å². The predicted octanol–water partition coefficient (Wildman–Crippen LogP) is 5.78. The molecule has 2 heterocycles. The molecule has 34 heavy (non-hydrogen) atoms. The smallest absolute Gasteiger partial charge is 0.254 e. The maximum absolute atomic E-state index is 13.3. The summed E-state index contributed by atoms with van der Waals surface area (Å²) in [7, 11) is 1.64. The Morgan fingerprint density at radius 3 is 2.44 bits per heavy atom. The van der Waals surface area contributed by atoms with Crippen molar-refractivity contribution in [3.8, 4) is 23.1 Å². The summed E-state index contributed by atoms with van der Waals surface area (Å²) in [5.41, 5.74) is 4.12. The van der Waals surface area contributed by atoms with E-state index in [1.54, 1.807) is 25.4 Å². The first-order valence-corrected chi connectivity index (χ1v) is 11.6. The summed E-state index contributed by atoms with van der Waals surface area (Å²) in [6, 6.07) is 15.4. The van der Waals surface area contributed by atoms with Crippen molar-refractivity contribution in [1.29, 1.82) is 0 Å². The lowest BCUT2D eigenvalue weighted by Gasteiger charge is -2.30. The van der Waals surface area contributed by atoms with Crippen LogP contribution in [0.15, 0.2) is 54.7 Å². The number of ether oxygens (including phenoxy) is 3. The van der Waals surface area contributed by atoms with Gasteiger partial charge in [-0.25, -0.2) is 4.98 Å². The number of methoxy groups -OCH3 is 1. The van der Waals surface area contributed by atoms with Crippen LogP contribution in [-0.2, 0) is 18.4 Å². The maximum Gasteiger partial charge on any atom is 0.254 e. The Balaban J connectivity index is 1.49. The number of aromatic nitrogens is 1. The Kier molecular flexibility index (Phi) is 6.77. The van der Waals surface area contributed by atoms with Gasteiger partial charge in [0, 0.05) is 30.9 Å². The number of nitrogens with zero attached hydrogens (tertiary/aromatic N) is 2. The van der Waals surface area contributed by atoms with E-state index in [-0.39, 0.29) is 11.3 Å². The second-order valence-corrected chi connectivity index (χ2v) is 9.44. The van der Waals surface area contributed by atoms with Crippen molar-refractivity contribution >= 4 is 5.91 Å². The molecule has 1 aromatic heterocycles. The standard InChI is InChI=1S/C28H32N2O4/c1-6-33-25-16-21-18-30(14-12-19(21)15-24(25)32-5)27(31)20-11-13-29-26(17-20)34-23-9-7-22(8-10-23)28(2,3)4/h7-11,13,15-17H,6,12,14,18H2,1-5H3. The number of benzene rings is 2. The van der Waals surface area contributed by atoms with Crippen LogP contribution in [0, 0.1) is 0 Å². The van der Waals surface area contributed by atoms with E-state index in [1.807, 2.05) is 36.1 Å². The van der Waals surface area contributed by atoms with Crippen LogP contribution in [-0.4, -0.2) is 36.1 Å². The highest BCUT2D eigenvalue weighted by Gasteiger charge is 2.24. The van der Waals surface area contributed by atoms with Gasteiger partial charge in [0.15, 0.2) is 11.5 Å². The molecule has 1 aliphatic heterocycles.